The number of hydrogen-bond donors (Lipinski definition) is 1. The maximum absolute atomic E-state index is 12.3. The molecule has 2 saturated carbocycles. The number of hydrogen-bond acceptors (Lipinski definition) is 4. The van der Waals surface area contributed by atoms with Crippen LogP contribution in [0.2, 0.25) is 0 Å². The first kappa shape index (κ1) is 16.8. The quantitative estimate of drug-likeness (QED) is 0.834. The molecule has 0 bridgehead atoms. The first-order chi connectivity index (χ1) is 12.3. The molecule has 1 atom stereocenters. The van der Waals surface area contributed by atoms with Crippen molar-refractivity contribution >= 4 is 27.9 Å². The van der Waals surface area contributed by atoms with Crippen LogP contribution in [-0.2, 0) is 11.2 Å². The Morgan fingerprint density at radius 1 is 1.24 bits per heavy atom. The zero-order valence-corrected chi connectivity index (χ0v) is 15.4. The van der Waals surface area contributed by atoms with Gasteiger partial charge in [0.1, 0.15) is 0 Å². The predicted molar refractivity (Wildman–Crippen MR) is 101 cm³/mol. The second-order valence-corrected chi connectivity index (χ2v) is 8.26. The van der Waals surface area contributed by atoms with E-state index in [0.29, 0.717) is 12.3 Å². The van der Waals surface area contributed by atoms with Crippen molar-refractivity contribution in [3.05, 3.63) is 23.5 Å². The fraction of sp³-hybridized carbons (Fsp3) is 0.632. The van der Waals surface area contributed by atoms with E-state index in [1.165, 1.54) is 57.1 Å². The lowest BCUT2D eigenvalue weighted by Crippen LogP contribution is -2.31. The third-order valence-electron chi connectivity index (χ3n) is 5.65. The number of imidazole rings is 1. The van der Waals surface area contributed by atoms with Crippen LogP contribution in [0.5, 0.6) is 0 Å². The average molecular weight is 359 g/mol. The second-order valence-electron chi connectivity index (χ2n) is 7.39. The van der Waals surface area contributed by atoms with Gasteiger partial charge in [-0.3, -0.25) is 9.20 Å². The predicted octanol–water partition coefficient (Wildman–Crippen LogP) is 4.18. The molecule has 0 aliphatic heterocycles. The van der Waals surface area contributed by atoms with Crippen LogP contribution in [0.4, 0.5) is 0 Å². The van der Waals surface area contributed by atoms with Gasteiger partial charge < -0.3 is 0 Å². The van der Waals surface area contributed by atoms with E-state index in [2.05, 4.69) is 15.5 Å². The topological polar surface area (TPSA) is 58.8 Å². The Morgan fingerprint density at radius 2 is 2.08 bits per heavy atom. The molecule has 2 aliphatic carbocycles. The molecular weight excluding hydrogens is 332 g/mol. The maximum Gasteiger partial charge on any atom is 0.246 e. The van der Waals surface area contributed by atoms with E-state index >= 15 is 0 Å². The molecule has 4 rings (SSSR count). The van der Waals surface area contributed by atoms with Gasteiger partial charge in [0, 0.05) is 29.4 Å². The molecule has 0 aromatic carbocycles. The minimum atomic E-state index is -0.0637. The standard InChI is InChI=1S/C19H26N4OS/c24-18(12-15-13-23-10-11-25-19(23)20-15)22-21-17-9-5-4-8-16(17)14-6-2-1-3-7-14/h10-11,13-14,16H,1-9,12H2,(H,22,24)/b21-17-. The first-order valence-corrected chi connectivity index (χ1v) is 10.4. The van der Waals surface area contributed by atoms with Crippen LogP contribution in [0.3, 0.4) is 0 Å². The smallest absolute Gasteiger partial charge is 0.246 e. The molecule has 0 saturated heterocycles. The Kier molecular flexibility index (Phi) is 5.15. The lowest BCUT2D eigenvalue weighted by atomic mass is 9.72. The summed E-state index contributed by atoms with van der Waals surface area (Å²) in [5.74, 6) is 1.31. The van der Waals surface area contributed by atoms with Gasteiger partial charge in [-0.05, 0) is 38.0 Å². The third-order valence-corrected chi connectivity index (χ3v) is 6.42. The molecule has 1 unspecified atom stereocenters. The summed E-state index contributed by atoms with van der Waals surface area (Å²) in [6.45, 7) is 0. The number of nitrogens with zero attached hydrogens (tertiary/aromatic N) is 3. The average Bonchev–Trinajstić information content (AvgIpc) is 3.22. The Hall–Kier alpha value is -1.69. The highest BCUT2D eigenvalue weighted by atomic mass is 32.1. The molecule has 0 radical (unpaired) electrons. The summed E-state index contributed by atoms with van der Waals surface area (Å²) in [5.41, 5.74) is 4.85. The van der Waals surface area contributed by atoms with Crippen LogP contribution in [0.1, 0.15) is 63.5 Å². The van der Waals surface area contributed by atoms with Crippen LogP contribution in [0.25, 0.3) is 4.96 Å². The highest BCUT2D eigenvalue weighted by molar-refractivity contribution is 7.15. The molecule has 134 valence electrons. The van der Waals surface area contributed by atoms with Crippen LogP contribution in [0.15, 0.2) is 22.9 Å². The van der Waals surface area contributed by atoms with Crippen molar-refractivity contribution in [2.45, 2.75) is 64.2 Å². The molecule has 2 aromatic heterocycles. The van der Waals surface area contributed by atoms with E-state index in [9.17, 15) is 4.79 Å². The van der Waals surface area contributed by atoms with E-state index in [0.717, 1.165) is 23.0 Å². The van der Waals surface area contributed by atoms with Crippen molar-refractivity contribution in [1.29, 1.82) is 0 Å². The molecule has 0 spiro atoms. The molecule has 2 aromatic rings. The van der Waals surface area contributed by atoms with Crippen molar-refractivity contribution in [2.75, 3.05) is 0 Å². The van der Waals surface area contributed by atoms with Crippen molar-refractivity contribution in [3.8, 4) is 0 Å². The summed E-state index contributed by atoms with van der Waals surface area (Å²) >= 11 is 1.58. The van der Waals surface area contributed by atoms with E-state index in [1.54, 1.807) is 11.3 Å². The van der Waals surface area contributed by atoms with Crippen LogP contribution in [0, 0.1) is 11.8 Å². The lowest BCUT2D eigenvalue weighted by molar-refractivity contribution is -0.120. The molecule has 5 nitrogen and oxygen atoms in total. The van der Waals surface area contributed by atoms with Gasteiger partial charge in [-0.15, -0.1) is 11.3 Å². The Balaban J connectivity index is 1.38. The van der Waals surface area contributed by atoms with Crippen LogP contribution in [-0.4, -0.2) is 21.0 Å². The second kappa shape index (κ2) is 7.68. The summed E-state index contributed by atoms with van der Waals surface area (Å²) in [6, 6.07) is 0. The van der Waals surface area contributed by atoms with Crippen molar-refractivity contribution in [3.63, 3.8) is 0 Å². The maximum atomic E-state index is 12.3. The number of carbonyl (C=O) groups is 1. The number of thiazole rings is 1. The Morgan fingerprint density at radius 3 is 2.92 bits per heavy atom. The van der Waals surface area contributed by atoms with Gasteiger partial charge in [-0.25, -0.2) is 10.4 Å². The minimum Gasteiger partial charge on any atom is -0.297 e. The number of fused-ring (bicyclic) bond motifs is 1. The Bertz CT molecular complexity index is 728. The lowest BCUT2D eigenvalue weighted by Gasteiger charge is -2.33. The van der Waals surface area contributed by atoms with Gasteiger partial charge in [0.25, 0.3) is 0 Å². The monoisotopic (exact) mass is 358 g/mol. The first-order valence-electron chi connectivity index (χ1n) is 9.56. The molecule has 2 heterocycles. The van der Waals surface area contributed by atoms with Crippen LogP contribution >= 0.6 is 11.3 Å². The van der Waals surface area contributed by atoms with Gasteiger partial charge in [-0.1, -0.05) is 25.7 Å². The molecule has 6 heteroatoms. The number of hydrazone groups is 1. The van der Waals surface area contributed by atoms with Crippen molar-refractivity contribution in [2.24, 2.45) is 16.9 Å². The molecule has 1 amide bonds. The SMILES string of the molecule is O=C(Cc1cn2ccsc2n1)N/N=C1/CCCCC1C1CCCCC1. The van der Waals surface area contributed by atoms with E-state index in [4.69, 9.17) is 0 Å². The summed E-state index contributed by atoms with van der Waals surface area (Å²) < 4.78 is 1.96. The third kappa shape index (κ3) is 3.94. The number of aromatic nitrogens is 2. The van der Waals surface area contributed by atoms with Gasteiger partial charge in [-0.2, -0.15) is 5.10 Å². The highest BCUT2D eigenvalue weighted by Crippen LogP contribution is 2.36. The van der Waals surface area contributed by atoms with Crippen LogP contribution < -0.4 is 5.43 Å². The fourth-order valence-electron chi connectivity index (χ4n) is 4.40. The number of rotatable bonds is 4. The zero-order chi connectivity index (χ0) is 17.1. The van der Waals surface area contributed by atoms with Crippen molar-refractivity contribution in [1.82, 2.24) is 14.8 Å². The summed E-state index contributed by atoms with van der Waals surface area (Å²) in [7, 11) is 0. The summed E-state index contributed by atoms with van der Waals surface area (Å²) in [6.07, 6.45) is 15.7. The fourth-order valence-corrected chi connectivity index (χ4v) is 5.12. The number of amides is 1. The zero-order valence-electron chi connectivity index (χ0n) is 14.6. The van der Waals surface area contributed by atoms with Gasteiger partial charge >= 0.3 is 0 Å². The number of carbonyl (C=O) groups excluding carboxylic acids is 1. The number of nitrogens with one attached hydrogen (secondary N) is 1. The van der Waals surface area contributed by atoms with E-state index in [-0.39, 0.29) is 5.91 Å². The summed E-state index contributed by atoms with van der Waals surface area (Å²) in [4.78, 5) is 17.7. The molecular formula is C19H26N4OS. The molecule has 2 fully saturated rings. The van der Waals surface area contributed by atoms with E-state index < -0.39 is 0 Å². The van der Waals surface area contributed by atoms with Crippen molar-refractivity contribution < 1.29 is 4.79 Å². The normalized spacial score (nSPS) is 24.0. The minimum absolute atomic E-state index is 0.0637. The van der Waals surface area contributed by atoms with E-state index in [1.807, 2.05) is 22.2 Å². The Labute approximate surface area is 152 Å². The largest absolute Gasteiger partial charge is 0.297 e. The van der Waals surface area contributed by atoms with Gasteiger partial charge in [0.05, 0.1) is 12.1 Å². The molecule has 2 aliphatic rings. The molecule has 25 heavy (non-hydrogen) atoms. The summed E-state index contributed by atoms with van der Waals surface area (Å²) in [5, 5.41) is 6.56. The van der Waals surface area contributed by atoms with Gasteiger partial charge in [0.2, 0.25) is 5.91 Å². The molecule has 1 N–H and O–H groups in total. The highest BCUT2D eigenvalue weighted by Gasteiger charge is 2.29. The van der Waals surface area contributed by atoms with Gasteiger partial charge in [0.15, 0.2) is 4.96 Å².